The third-order valence-corrected chi connectivity index (χ3v) is 13.5. The normalized spacial score (nSPS) is 32.4. The second-order valence-electron chi connectivity index (χ2n) is 19.3. The van der Waals surface area contributed by atoms with Crippen LogP contribution in [-0.2, 0) is 95.2 Å². The molecule has 3 heterocycles. The second-order valence-corrected chi connectivity index (χ2v) is 19.3. The molecule has 5 rings (SSSR count). The molecule has 0 bridgehead atoms. The van der Waals surface area contributed by atoms with Crippen LogP contribution in [0.25, 0.3) is 0 Å². The van der Waals surface area contributed by atoms with Gasteiger partial charge in [-0.25, -0.2) is 4.79 Å². The highest BCUT2D eigenvalue weighted by atomic mass is 16.8. The van der Waals surface area contributed by atoms with E-state index in [1.807, 2.05) is 6.92 Å². The number of esters is 5. The molecular formula is C49H78N4O20. The van der Waals surface area contributed by atoms with E-state index in [1.54, 1.807) is 6.92 Å². The van der Waals surface area contributed by atoms with Crippen LogP contribution in [0.5, 0.6) is 0 Å². The lowest BCUT2D eigenvalue weighted by Crippen LogP contribution is -2.70. The molecule has 73 heavy (non-hydrogen) atoms. The quantitative estimate of drug-likeness (QED) is 0.0558. The Morgan fingerprint density at radius 3 is 2.00 bits per heavy atom. The van der Waals surface area contributed by atoms with Crippen LogP contribution in [0.4, 0.5) is 0 Å². The predicted octanol–water partition coefficient (Wildman–Crippen LogP) is 0.790. The standard InChI is InChI=1S/C49H78N4O20/c1-8-33-23-34(46(60)52-17-16-51-38(59)14-18-62-20-21-63-19-15-50)24-35(41(33)73-49-45(68-31(7)58)44(67-30(6)57)40(26(2)65-49)66-29(5)56)70-48-39(53-27(3)54)43-42(37(71-48)25-64-28(4)55)72-47(61)36(69-43)22-32-12-10-9-11-13-32/h26,32-37,39-45,48-49H,8-25,50H2,1-7H3,(H,51,59)(H,52,60)(H,53,54)/t26?,33-,34?,35?,36-,37+,39?,40?,41?,42?,43?,44?,45?,48-,49?/m1/s1. The molecule has 5 aliphatic rings. The van der Waals surface area contributed by atoms with E-state index in [0.29, 0.717) is 39.2 Å². The zero-order valence-electron chi connectivity index (χ0n) is 43.2. The summed E-state index contributed by atoms with van der Waals surface area (Å²) in [6.45, 7) is 10.9. The van der Waals surface area contributed by atoms with Gasteiger partial charge >= 0.3 is 29.8 Å². The fourth-order valence-corrected chi connectivity index (χ4v) is 10.2. The Balaban J connectivity index is 1.44. The first kappa shape index (κ1) is 59.3. The van der Waals surface area contributed by atoms with Crippen LogP contribution in [0.15, 0.2) is 0 Å². The average molecular weight is 1040 g/mol. The van der Waals surface area contributed by atoms with Crippen molar-refractivity contribution in [3.63, 3.8) is 0 Å². The fourth-order valence-electron chi connectivity index (χ4n) is 10.2. The first-order valence-corrected chi connectivity index (χ1v) is 25.7. The first-order chi connectivity index (χ1) is 34.9. The van der Waals surface area contributed by atoms with E-state index in [4.69, 9.17) is 62.6 Å². The van der Waals surface area contributed by atoms with Crippen molar-refractivity contribution in [1.29, 1.82) is 0 Å². The molecule has 11 unspecified atom stereocenters. The number of nitrogens with two attached hydrogens (primary N) is 1. The molecule has 3 amide bonds. The van der Waals surface area contributed by atoms with Gasteiger partial charge in [0.1, 0.15) is 24.9 Å². The first-order valence-electron chi connectivity index (χ1n) is 25.7. The number of rotatable bonds is 25. The molecule has 5 fully saturated rings. The van der Waals surface area contributed by atoms with Gasteiger partial charge in [0.25, 0.3) is 0 Å². The minimum atomic E-state index is -1.48. The number of carbonyl (C=O) groups is 8. The summed E-state index contributed by atoms with van der Waals surface area (Å²) in [5.41, 5.74) is 5.41. The topological polar surface area (TPSA) is 309 Å². The molecule has 24 nitrogen and oxygen atoms in total. The minimum Gasteiger partial charge on any atom is -0.463 e. The SMILES string of the molecule is CC[C@@H]1CC(C(=O)NCCNC(=O)CCOCCOCCN)CC(O[C@@H]2O[C@@H](COC(C)=O)C3OC(=O)[C@@H](CC4CCCCC4)OC3C2NC(C)=O)C1OC1OC(C)C(OC(C)=O)C(OC(C)=O)C1OC(C)=O. The van der Waals surface area contributed by atoms with Gasteiger partial charge in [0.15, 0.2) is 43.1 Å². The molecule has 0 aromatic heterocycles. The second kappa shape index (κ2) is 29.5. The van der Waals surface area contributed by atoms with Crippen molar-refractivity contribution >= 4 is 47.6 Å². The number of hydrogen-bond acceptors (Lipinski definition) is 21. The van der Waals surface area contributed by atoms with Crippen LogP contribution in [0.3, 0.4) is 0 Å². The van der Waals surface area contributed by atoms with Crippen LogP contribution in [-0.4, -0.2) is 180 Å². The minimum absolute atomic E-state index is 0.0227. The number of fused-ring (bicyclic) bond motifs is 1. The largest absolute Gasteiger partial charge is 0.463 e. The molecule has 3 aliphatic heterocycles. The molecule has 3 saturated heterocycles. The van der Waals surface area contributed by atoms with Gasteiger partial charge < -0.3 is 78.5 Å². The average Bonchev–Trinajstić information content (AvgIpc) is 3.33. The van der Waals surface area contributed by atoms with Gasteiger partial charge in [0.2, 0.25) is 17.7 Å². The van der Waals surface area contributed by atoms with Crippen molar-refractivity contribution in [1.82, 2.24) is 16.0 Å². The van der Waals surface area contributed by atoms with E-state index in [1.165, 1.54) is 20.8 Å². The molecular weight excluding hydrogens is 965 g/mol. The monoisotopic (exact) mass is 1040 g/mol. The van der Waals surface area contributed by atoms with E-state index in [0.717, 1.165) is 46.0 Å². The zero-order chi connectivity index (χ0) is 53.2. The molecule has 0 aromatic carbocycles. The summed E-state index contributed by atoms with van der Waals surface area (Å²) in [4.78, 5) is 103. The summed E-state index contributed by atoms with van der Waals surface area (Å²) in [5.74, 6) is -5.66. The van der Waals surface area contributed by atoms with E-state index in [2.05, 4.69) is 16.0 Å². The highest BCUT2D eigenvalue weighted by Gasteiger charge is 2.57. The van der Waals surface area contributed by atoms with Crippen molar-refractivity contribution in [2.45, 2.75) is 192 Å². The van der Waals surface area contributed by atoms with Crippen LogP contribution < -0.4 is 21.7 Å². The summed E-state index contributed by atoms with van der Waals surface area (Å²) in [5, 5.41) is 8.57. The number of amides is 3. The van der Waals surface area contributed by atoms with Gasteiger partial charge in [-0.15, -0.1) is 0 Å². The van der Waals surface area contributed by atoms with Gasteiger partial charge in [-0.05, 0) is 38.0 Å². The molecule has 0 spiro atoms. The Bertz CT molecular complexity index is 1850. The van der Waals surface area contributed by atoms with Crippen molar-refractivity contribution in [2.75, 3.05) is 52.7 Å². The summed E-state index contributed by atoms with van der Waals surface area (Å²) in [7, 11) is 0. The summed E-state index contributed by atoms with van der Waals surface area (Å²) in [6.07, 6.45) is -8.27. The van der Waals surface area contributed by atoms with Crippen molar-refractivity contribution < 1.29 is 95.2 Å². The molecule has 15 atom stereocenters. The Hall–Kier alpha value is -4.56. The van der Waals surface area contributed by atoms with Crippen molar-refractivity contribution in [3.8, 4) is 0 Å². The fraction of sp³-hybridized carbons (Fsp3) is 0.837. The van der Waals surface area contributed by atoms with Crippen LogP contribution in [0.2, 0.25) is 0 Å². The molecule has 5 N–H and O–H groups in total. The Morgan fingerprint density at radius 2 is 1.36 bits per heavy atom. The Labute approximate surface area is 426 Å². The molecule has 414 valence electrons. The lowest BCUT2D eigenvalue weighted by molar-refractivity contribution is -0.344. The maximum atomic E-state index is 14.1. The number of ether oxygens (including phenoxy) is 12. The van der Waals surface area contributed by atoms with Gasteiger partial charge in [-0.3, -0.25) is 33.6 Å². The summed E-state index contributed by atoms with van der Waals surface area (Å²) in [6, 6.07) is -1.14. The lowest BCUT2D eigenvalue weighted by Gasteiger charge is -2.51. The zero-order valence-corrected chi connectivity index (χ0v) is 43.2. The third kappa shape index (κ3) is 18.1. The van der Waals surface area contributed by atoms with Gasteiger partial charge in [0.05, 0.1) is 44.7 Å². The van der Waals surface area contributed by atoms with E-state index >= 15 is 0 Å². The summed E-state index contributed by atoms with van der Waals surface area (Å²) < 4.78 is 72.3. The number of carbonyl (C=O) groups excluding carboxylic acids is 8. The number of hydrogen-bond donors (Lipinski definition) is 4. The van der Waals surface area contributed by atoms with Crippen LogP contribution in [0, 0.1) is 17.8 Å². The Morgan fingerprint density at radius 1 is 0.699 bits per heavy atom. The maximum Gasteiger partial charge on any atom is 0.335 e. The van der Waals surface area contributed by atoms with E-state index in [9.17, 15) is 38.4 Å². The van der Waals surface area contributed by atoms with Crippen molar-refractivity contribution in [2.24, 2.45) is 23.5 Å². The van der Waals surface area contributed by atoms with E-state index < -0.39 is 127 Å². The molecule has 0 radical (unpaired) electrons. The smallest absolute Gasteiger partial charge is 0.335 e. The van der Waals surface area contributed by atoms with Gasteiger partial charge in [-0.2, -0.15) is 0 Å². The van der Waals surface area contributed by atoms with Crippen LogP contribution >= 0.6 is 0 Å². The molecule has 2 saturated carbocycles. The predicted molar refractivity (Wildman–Crippen MR) is 251 cm³/mol. The maximum absolute atomic E-state index is 14.1. The van der Waals surface area contributed by atoms with Crippen LogP contribution in [0.1, 0.15) is 113 Å². The lowest BCUT2D eigenvalue weighted by atomic mass is 9.75. The molecule has 0 aromatic rings. The third-order valence-electron chi connectivity index (χ3n) is 13.5. The van der Waals surface area contributed by atoms with Gasteiger partial charge in [0, 0.05) is 66.6 Å². The Kier molecular flexibility index (Phi) is 24.0. The van der Waals surface area contributed by atoms with Crippen molar-refractivity contribution in [3.05, 3.63) is 0 Å². The summed E-state index contributed by atoms with van der Waals surface area (Å²) >= 11 is 0. The molecule has 24 heteroatoms. The highest BCUT2D eigenvalue weighted by molar-refractivity contribution is 5.79. The van der Waals surface area contributed by atoms with Gasteiger partial charge in [-0.1, -0.05) is 45.4 Å². The number of nitrogens with one attached hydrogen (secondary N) is 3. The highest BCUT2D eigenvalue weighted by Crippen LogP contribution is 2.42. The van der Waals surface area contributed by atoms with E-state index in [-0.39, 0.29) is 63.3 Å². The molecule has 2 aliphatic carbocycles.